The normalized spacial score (nSPS) is 13.8. The van der Waals surface area contributed by atoms with Gasteiger partial charge in [0.25, 0.3) is 0 Å². The van der Waals surface area contributed by atoms with E-state index in [1.165, 1.54) is 0 Å². The van der Waals surface area contributed by atoms with Crippen LogP contribution >= 0.6 is 11.8 Å². The maximum Gasteiger partial charge on any atom is 0.127 e. The van der Waals surface area contributed by atoms with Gasteiger partial charge in [0, 0.05) is 35.3 Å². The highest BCUT2D eigenvalue weighted by atomic mass is 32.2. The molecule has 120 valence electrons. The van der Waals surface area contributed by atoms with Gasteiger partial charge in [0.15, 0.2) is 0 Å². The summed E-state index contributed by atoms with van der Waals surface area (Å²) in [5, 5.41) is 12.9. The van der Waals surface area contributed by atoms with Crippen molar-refractivity contribution in [3.8, 4) is 11.5 Å². The van der Waals surface area contributed by atoms with Crippen molar-refractivity contribution < 1.29 is 14.6 Å². The van der Waals surface area contributed by atoms with E-state index >= 15 is 0 Å². The molecule has 0 aliphatic carbocycles. The van der Waals surface area contributed by atoms with Crippen molar-refractivity contribution >= 4 is 11.8 Å². The van der Waals surface area contributed by atoms with Gasteiger partial charge in [-0.2, -0.15) is 11.8 Å². The Morgan fingerprint density at radius 2 is 2.05 bits per heavy atom. The van der Waals surface area contributed by atoms with Gasteiger partial charge < -0.3 is 19.9 Å². The van der Waals surface area contributed by atoms with E-state index in [-0.39, 0.29) is 12.6 Å². The number of ether oxygens (including phenoxy) is 2. The molecule has 4 nitrogen and oxygen atoms in total. The standard InChI is InChI=1S/C16H27NO3S/c1-5-17-15(11-21-12(2)8-9-18)14-7-6-13(19-3)10-16(14)20-4/h6-7,10,12,15,17-18H,5,8-9,11H2,1-4H3. The van der Waals surface area contributed by atoms with Crippen LogP contribution in [0.4, 0.5) is 0 Å². The van der Waals surface area contributed by atoms with E-state index in [1.54, 1.807) is 14.2 Å². The summed E-state index contributed by atoms with van der Waals surface area (Å²) in [7, 11) is 3.34. The first-order valence-corrected chi connectivity index (χ1v) is 8.38. The Labute approximate surface area is 132 Å². The molecule has 1 aromatic carbocycles. The molecule has 21 heavy (non-hydrogen) atoms. The van der Waals surface area contributed by atoms with Gasteiger partial charge in [-0.15, -0.1) is 0 Å². The average molecular weight is 313 g/mol. The van der Waals surface area contributed by atoms with Crippen LogP contribution in [0.5, 0.6) is 11.5 Å². The predicted molar refractivity (Wildman–Crippen MR) is 89.6 cm³/mol. The summed E-state index contributed by atoms with van der Waals surface area (Å²) >= 11 is 1.86. The van der Waals surface area contributed by atoms with Crippen molar-refractivity contribution in [3.63, 3.8) is 0 Å². The van der Waals surface area contributed by atoms with Gasteiger partial charge in [0.2, 0.25) is 0 Å². The molecular weight excluding hydrogens is 286 g/mol. The molecule has 0 spiro atoms. The molecule has 0 fully saturated rings. The van der Waals surface area contributed by atoms with Gasteiger partial charge in [0.1, 0.15) is 11.5 Å². The summed E-state index contributed by atoms with van der Waals surface area (Å²) in [5.41, 5.74) is 1.14. The number of hydrogen-bond donors (Lipinski definition) is 2. The lowest BCUT2D eigenvalue weighted by atomic mass is 10.1. The summed E-state index contributed by atoms with van der Waals surface area (Å²) in [4.78, 5) is 0. The molecule has 0 amide bonds. The molecule has 0 aromatic heterocycles. The van der Waals surface area contributed by atoms with E-state index in [9.17, 15) is 0 Å². The molecule has 0 saturated heterocycles. The van der Waals surface area contributed by atoms with Crippen LogP contribution in [0.15, 0.2) is 18.2 Å². The minimum absolute atomic E-state index is 0.224. The van der Waals surface area contributed by atoms with Crippen molar-refractivity contribution in [1.82, 2.24) is 5.32 Å². The molecule has 0 radical (unpaired) electrons. The van der Waals surface area contributed by atoms with Gasteiger partial charge in [-0.1, -0.05) is 19.9 Å². The lowest BCUT2D eigenvalue weighted by Crippen LogP contribution is -2.24. The van der Waals surface area contributed by atoms with Gasteiger partial charge in [-0.25, -0.2) is 0 Å². The van der Waals surface area contributed by atoms with Gasteiger partial charge >= 0.3 is 0 Å². The quantitative estimate of drug-likeness (QED) is 0.695. The largest absolute Gasteiger partial charge is 0.497 e. The van der Waals surface area contributed by atoms with Gasteiger partial charge in [-0.3, -0.25) is 0 Å². The second kappa shape index (κ2) is 9.92. The van der Waals surface area contributed by atoms with E-state index < -0.39 is 0 Å². The number of thioether (sulfide) groups is 1. The second-order valence-electron chi connectivity index (χ2n) is 4.87. The number of aliphatic hydroxyl groups excluding tert-OH is 1. The highest BCUT2D eigenvalue weighted by Gasteiger charge is 2.17. The molecule has 2 atom stereocenters. The molecule has 2 unspecified atom stereocenters. The lowest BCUT2D eigenvalue weighted by molar-refractivity contribution is 0.289. The van der Waals surface area contributed by atoms with Crippen molar-refractivity contribution in [2.45, 2.75) is 31.6 Å². The maximum atomic E-state index is 9.00. The minimum atomic E-state index is 0.224. The molecular formula is C16H27NO3S. The fourth-order valence-electron chi connectivity index (χ4n) is 2.14. The molecule has 0 aliphatic rings. The Morgan fingerprint density at radius 3 is 2.62 bits per heavy atom. The van der Waals surface area contributed by atoms with E-state index in [1.807, 2.05) is 23.9 Å². The number of nitrogens with one attached hydrogen (secondary N) is 1. The molecule has 0 aliphatic heterocycles. The first-order valence-electron chi connectivity index (χ1n) is 7.34. The first kappa shape index (κ1) is 18.1. The minimum Gasteiger partial charge on any atom is -0.497 e. The van der Waals surface area contributed by atoms with Crippen LogP contribution < -0.4 is 14.8 Å². The van der Waals surface area contributed by atoms with Crippen molar-refractivity contribution in [2.75, 3.05) is 33.1 Å². The third-order valence-electron chi connectivity index (χ3n) is 3.35. The molecule has 2 N–H and O–H groups in total. The van der Waals surface area contributed by atoms with Crippen LogP contribution in [-0.2, 0) is 0 Å². The fourth-order valence-corrected chi connectivity index (χ4v) is 3.23. The Morgan fingerprint density at radius 1 is 1.29 bits per heavy atom. The predicted octanol–water partition coefficient (Wildman–Crippen LogP) is 2.86. The fraction of sp³-hybridized carbons (Fsp3) is 0.625. The van der Waals surface area contributed by atoms with E-state index in [0.717, 1.165) is 35.8 Å². The first-order chi connectivity index (χ1) is 10.2. The molecule has 5 heteroatoms. The van der Waals surface area contributed by atoms with Crippen LogP contribution in [0.3, 0.4) is 0 Å². The number of aliphatic hydroxyl groups is 1. The summed E-state index contributed by atoms with van der Waals surface area (Å²) in [6.45, 7) is 5.39. The van der Waals surface area contributed by atoms with E-state index in [2.05, 4.69) is 25.2 Å². The van der Waals surface area contributed by atoms with Crippen molar-refractivity contribution in [1.29, 1.82) is 0 Å². The van der Waals surface area contributed by atoms with Gasteiger partial charge in [-0.05, 0) is 19.0 Å². The number of benzene rings is 1. The van der Waals surface area contributed by atoms with Crippen LogP contribution in [0, 0.1) is 0 Å². The number of hydrogen-bond acceptors (Lipinski definition) is 5. The smallest absolute Gasteiger partial charge is 0.127 e. The number of rotatable bonds is 10. The van der Waals surface area contributed by atoms with E-state index in [0.29, 0.717) is 5.25 Å². The molecule has 1 aromatic rings. The van der Waals surface area contributed by atoms with Crippen LogP contribution in [0.25, 0.3) is 0 Å². The zero-order chi connectivity index (χ0) is 15.7. The highest BCUT2D eigenvalue weighted by molar-refractivity contribution is 7.99. The van der Waals surface area contributed by atoms with E-state index in [4.69, 9.17) is 14.6 Å². The second-order valence-corrected chi connectivity index (χ2v) is 6.35. The topological polar surface area (TPSA) is 50.7 Å². The zero-order valence-electron chi connectivity index (χ0n) is 13.4. The lowest BCUT2D eigenvalue weighted by Gasteiger charge is -2.22. The molecule has 0 bridgehead atoms. The van der Waals surface area contributed by atoms with Crippen LogP contribution in [0.2, 0.25) is 0 Å². The average Bonchev–Trinajstić information content (AvgIpc) is 2.51. The Bertz CT molecular complexity index is 415. The Hall–Kier alpha value is -0.910. The number of methoxy groups -OCH3 is 2. The molecule has 1 rings (SSSR count). The van der Waals surface area contributed by atoms with Crippen LogP contribution in [-0.4, -0.2) is 43.5 Å². The molecule has 0 saturated carbocycles. The van der Waals surface area contributed by atoms with Crippen molar-refractivity contribution in [2.24, 2.45) is 0 Å². The third-order valence-corrected chi connectivity index (χ3v) is 4.68. The Kier molecular flexibility index (Phi) is 8.57. The third kappa shape index (κ3) is 5.77. The highest BCUT2D eigenvalue weighted by Crippen LogP contribution is 2.32. The summed E-state index contributed by atoms with van der Waals surface area (Å²) in [6, 6.07) is 6.16. The molecule has 0 heterocycles. The zero-order valence-corrected chi connectivity index (χ0v) is 14.2. The van der Waals surface area contributed by atoms with Gasteiger partial charge in [0.05, 0.1) is 14.2 Å². The Balaban J connectivity index is 2.83. The summed E-state index contributed by atoms with van der Waals surface area (Å²) < 4.78 is 10.7. The summed E-state index contributed by atoms with van der Waals surface area (Å²) in [5.74, 6) is 2.58. The van der Waals surface area contributed by atoms with Crippen LogP contribution in [0.1, 0.15) is 31.9 Å². The maximum absolute atomic E-state index is 9.00. The SMILES string of the molecule is CCNC(CSC(C)CCO)c1ccc(OC)cc1OC. The summed E-state index contributed by atoms with van der Waals surface area (Å²) in [6.07, 6.45) is 0.823. The monoisotopic (exact) mass is 313 g/mol. The van der Waals surface area contributed by atoms with Crippen molar-refractivity contribution in [3.05, 3.63) is 23.8 Å².